The molecule has 0 amide bonds. The molecule has 4 rings (SSSR count). The van der Waals surface area contributed by atoms with E-state index in [4.69, 9.17) is 14.5 Å². The van der Waals surface area contributed by atoms with Crippen LogP contribution in [0.15, 0.2) is 24.3 Å². The van der Waals surface area contributed by atoms with Crippen LogP contribution in [0, 0.1) is 5.82 Å². The third-order valence-corrected chi connectivity index (χ3v) is 8.48. The second-order valence-corrected chi connectivity index (χ2v) is 11.6. The molecule has 0 saturated carbocycles. The van der Waals surface area contributed by atoms with E-state index in [0.717, 1.165) is 75.2 Å². The molecule has 2 N–H and O–H groups in total. The van der Waals surface area contributed by atoms with Gasteiger partial charge < -0.3 is 19.9 Å². The summed E-state index contributed by atoms with van der Waals surface area (Å²) in [5, 5.41) is 13.7. The second-order valence-electron chi connectivity index (χ2n) is 11.6. The summed E-state index contributed by atoms with van der Waals surface area (Å²) in [6.07, 6.45) is 7.34. The minimum Gasteiger partial charge on any atom is -0.493 e. The summed E-state index contributed by atoms with van der Waals surface area (Å²) in [6.45, 7) is 8.53. The molecule has 0 radical (unpaired) electrons. The van der Waals surface area contributed by atoms with Crippen LogP contribution in [0.5, 0.6) is 5.75 Å². The summed E-state index contributed by atoms with van der Waals surface area (Å²) in [7, 11) is 3.11. The Morgan fingerprint density at radius 3 is 2.78 bits per heavy atom. The van der Waals surface area contributed by atoms with Crippen molar-refractivity contribution in [1.82, 2.24) is 14.8 Å². The van der Waals surface area contributed by atoms with Gasteiger partial charge in [-0.25, -0.2) is 9.37 Å². The lowest BCUT2D eigenvalue weighted by molar-refractivity contribution is -0.143. The predicted molar refractivity (Wildman–Crippen MR) is 159 cm³/mol. The number of aliphatic carboxylic acids is 1. The van der Waals surface area contributed by atoms with Gasteiger partial charge in [0, 0.05) is 50.6 Å². The van der Waals surface area contributed by atoms with Crippen LogP contribution in [0.1, 0.15) is 80.3 Å². The zero-order valence-corrected chi connectivity index (χ0v) is 25.1. The number of ether oxygens (including phenoxy) is 2. The van der Waals surface area contributed by atoms with Crippen molar-refractivity contribution in [2.24, 2.45) is 0 Å². The summed E-state index contributed by atoms with van der Waals surface area (Å²) in [4.78, 5) is 21.8. The van der Waals surface area contributed by atoms with Crippen molar-refractivity contribution in [3.05, 3.63) is 52.5 Å². The van der Waals surface area contributed by atoms with E-state index in [2.05, 4.69) is 22.3 Å². The van der Waals surface area contributed by atoms with E-state index in [1.54, 1.807) is 13.2 Å². The number of anilines is 1. The number of fused-ring (bicyclic) bond motifs is 1. The van der Waals surface area contributed by atoms with E-state index in [9.17, 15) is 14.3 Å². The van der Waals surface area contributed by atoms with Gasteiger partial charge in [-0.15, -0.1) is 0 Å². The van der Waals surface area contributed by atoms with Crippen LogP contribution in [0.2, 0.25) is 0 Å². The number of unbranched alkanes of at least 4 members (excludes halogenated alkanes) is 2. The van der Waals surface area contributed by atoms with Gasteiger partial charge in [-0.05, 0) is 80.3 Å². The molecule has 9 heteroatoms. The van der Waals surface area contributed by atoms with Crippen LogP contribution in [0.25, 0.3) is 0 Å². The van der Waals surface area contributed by atoms with E-state index in [1.165, 1.54) is 25.2 Å². The Balaban J connectivity index is 1.36. The van der Waals surface area contributed by atoms with Gasteiger partial charge in [0.05, 0.1) is 13.7 Å². The molecule has 2 aliphatic heterocycles. The van der Waals surface area contributed by atoms with Crippen molar-refractivity contribution < 1.29 is 23.8 Å². The number of aryl methyl sites for hydroxylation is 2. The van der Waals surface area contributed by atoms with Crippen molar-refractivity contribution in [1.29, 1.82) is 0 Å². The van der Waals surface area contributed by atoms with Crippen LogP contribution >= 0.6 is 0 Å². The minimum atomic E-state index is -0.987. The highest BCUT2D eigenvalue weighted by Gasteiger charge is 2.38. The van der Waals surface area contributed by atoms with Crippen molar-refractivity contribution in [3.63, 3.8) is 0 Å². The fourth-order valence-electron chi connectivity index (χ4n) is 6.17. The van der Waals surface area contributed by atoms with Gasteiger partial charge in [-0.1, -0.05) is 26.3 Å². The number of aromatic nitrogens is 1. The molecule has 1 aromatic heterocycles. The minimum absolute atomic E-state index is 0.0192. The van der Waals surface area contributed by atoms with Gasteiger partial charge in [0.2, 0.25) is 0 Å². The number of nitrogens with zero attached hydrogens (tertiary/aromatic N) is 3. The van der Waals surface area contributed by atoms with Crippen molar-refractivity contribution >= 4 is 11.8 Å². The number of methoxy groups -OCH3 is 2. The average molecular weight is 571 g/mol. The molecule has 1 fully saturated rings. The molecule has 1 aromatic carbocycles. The lowest BCUT2D eigenvalue weighted by Gasteiger charge is -2.31. The number of pyridine rings is 1. The maximum atomic E-state index is 14.9. The molecule has 1 saturated heterocycles. The Morgan fingerprint density at radius 2 is 2.05 bits per heavy atom. The lowest BCUT2D eigenvalue weighted by atomic mass is 9.95. The smallest absolute Gasteiger partial charge is 0.325 e. The number of nitrogens with one attached hydrogen (secondary N) is 1. The molecule has 0 aliphatic carbocycles. The summed E-state index contributed by atoms with van der Waals surface area (Å²) in [5.41, 5.74) is 3.62. The van der Waals surface area contributed by atoms with Crippen LogP contribution in [-0.4, -0.2) is 85.5 Å². The van der Waals surface area contributed by atoms with Gasteiger partial charge >= 0.3 is 5.97 Å². The Kier molecular flexibility index (Phi) is 11.4. The van der Waals surface area contributed by atoms with Gasteiger partial charge in [0.25, 0.3) is 0 Å². The average Bonchev–Trinajstić information content (AvgIpc) is 3.43. The molecule has 8 nitrogen and oxygen atoms in total. The number of rotatable bonds is 15. The number of hydrogen-bond donors (Lipinski definition) is 2. The number of hydrogen-bond acceptors (Lipinski definition) is 7. The number of likely N-dealkylation sites (tertiary alicyclic amines) is 1. The number of halogens is 1. The first-order chi connectivity index (χ1) is 19.8. The molecule has 0 unspecified atom stereocenters. The second kappa shape index (κ2) is 14.9. The van der Waals surface area contributed by atoms with E-state index < -0.39 is 17.8 Å². The molecule has 0 spiro atoms. The quantitative estimate of drug-likeness (QED) is 0.280. The SMILES string of the molecule is COCCN(CCCCCc1ccc2c(n1)NCCC2)[C@@H]1CCN([C@@H](C(=O)O)c2cc(C(C)C)cc(F)c2OC)C1. The Hall–Kier alpha value is -2.75. The first kappa shape index (κ1) is 31.2. The normalized spacial score (nSPS) is 18.0. The third kappa shape index (κ3) is 7.96. The fourth-order valence-corrected chi connectivity index (χ4v) is 6.17. The van der Waals surface area contributed by atoms with E-state index in [1.807, 2.05) is 18.7 Å². The summed E-state index contributed by atoms with van der Waals surface area (Å²) in [5.74, 6) is -0.357. The summed E-state index contributed by atoms with van der Waals surface area (Å²) in [6, 6.07) is 6.88. The first-order valence-corrected chi connectivity index (χ1v) is 15.1. The van der Waals surface area contributed by atoms with Crippen LogP contribution in [0.4, 0.5) is 10.2 Å². The number of benzene rings is 1. The van der Waals surface area contributed by atoms with Crippen LogP contribution in [-0.2, 0) is 22.4 Å². The zero-order valence-electron chi connectivity index (χ0n) is 25.1. The largest absolute Gasteiger partial charge is 0.493 e. The highest BCUT2D eigenvalue weighted by atomic mass is 19.1. The summed E-state index contributed by atoms with van der Waals surface area (Å²) < 4.78 is 25.7. The summed E-state index contributed by atoms with van der Waals surface area (Å²) >= 11 is 0. The topological polar surface area (TPSA) is 87.2 Å². The van der Waals surface area contributed by atoms with Crippen LogP contribution < -0.4 is 10.1 Å². The molecule has 2 aliphatic rings. The Bertz CT molecular complexity index is 1160. The Morgan fingerprint density at radius 1 is 1.22 bits per heavy atom. The molecule has 0 bridgehead atoms. The van der Waals surface area contributed by atoms with Crippen molar-refractivity contribution in [3.8, 4) is 5.75 Å². The van der Waals surface area contributed by atoms with Gasteiger partial charge in [-0.3, -0.25) is 14.6 Å². The van der Waals surface area contributed by atoms with Gasteiger partial charge in [0.1, 0.15) is 11.9 Å². The standard InChI is InChI=1S/C32H47FN4O4/c1-22(2)24-19-27(30(41-4)28(33)20-24)29(32(38)39)37-16-13-26(21-37)36(17-18-40-3)15-7-5-6-10-25-12-11-23-9-8-14-34-31(23)35-25/h11-12,19-20,22,26,29H,5-10,13-18,21H2,1-4H3,(H,34,35)(H,38,39)/t26-,29-/m1/s1. The van der Waals surface area contributed by atoms with E-state index in [-0.39, 0.29) is 17.7 Å². The molecule has 2 atom stereocenters. The molecule has 226 valence electrons. The highest BCUT2D eigenvalue weighted by molar-refractivity contribution is 5.77. The first-order valence-electron chi connectivity index (χ1n) is 15.1. The predicted octanol–water partition coefficient (Wildman–Crippen LogP) is 5.27. The van der Waals surface area contributed by atoms with Crippen molar-refractivity contribution in [2.75, 3.05) is 58.9 Å². The zero-order chi connectivity index (χ0) is 29.4. The lowest BCUT2D eigenvalue weighted by Crippen LogP contribution is -2.41. The maximum absolute atomic E-state index is 14.9. The maximum Gasteiger partial charge on any atom is 0.325 e. The highest BCUT2D eigenvalue weighted by Crippen LogP contribution is 2.37. The van der Waals surface area contributed by atoms with Gasteiger partial charge in [-0.2, -0.15) is 0 Å². The van der Waals surface area contributed by atoms with Gasteiger partial charge in [0.15, 0.2) is 11.6 Å². The monoisotopic (exact) mass is 570 g/mol. The molecular weight excluding hydrogens is 523 g/mol. The molecular formula is C32H47FN4O4. The molecule has 41 heavy (non-hydrogen) atoms. The van der Waals surface area contributed by atoms with Crippen LogP contribution in [0.3, 0.4) is 0 Å². The molecule has 3 heterocycles. The molecule has 2 aromatic rings. The van der Waals surface area contributed by atoms with E-state index >= 15 is 0 Å². The van der Waals surface area contributed by atoms with Crippen molar-refractivity contribution in [2.45, 2.75) is 76.8 Å². The van der Waals surface area contributed by atoms with E-state index in [0.29, 0.717) is 25.3 Å². The number of carbonyl (C=O) groups is 1. The fraction of sp³-hybridized carbons (Fsp3) is 0.625. The number of carboxylic acids is 1. The Labute approximate surface area is 244 Å². The third-order valence-electron chi connectivity index (χ3n) is 8.48. The number of carboxylic acid groups (broad SMARTS) is 1.